The van der Waals surface area contributed by atoms with Crippen LogP contribution < -0.4 is 10.0 Å². The van der Waals surface area contributed by atoms with Crippen LogP contribution in [0, 0.1) is 6.92 Å². The molecule has 0 saturated carbocycles. The average molecular weight is 414 g/mol. The Kier molecular flexibility index (Phi) is 6.66. The Morgan fingerprint density at radius 1 is 1.30 bits per heavy atom. The Balaban J connectivity index is 1.57. The number of hydrogen-bond donors (Lipinski definition) is 2. The highest BCUT2D eigenvalue weighted by atomic mass is 32.2. The number of carbonyl (C=O) groups is 1. The van der Waals surface area contributed by atoms with Crippen LogP contribution in [0.2, 0.25) is 0 Å². The van der Waals surface area contributed by atoms with E-state index in [4.69, 9.17) is 9.15 Å². The molecule has 3 heterocycles. The number of nitrogens with zero attached hydrogens (tertiary/aromatic N) is 1. The highest BCUT2D eigenvalue weighted by Gasteiger charge is 2.26. The van der Waals surface area contributed by atoms with E-state index in [1.165, 1.54) is 6.07 Å². The van der Waals surface area contributed by atoms with Crippen molar-refractivity contribution in [2.45, 2.75) is 17.2 Å². The lowest BCUT2D eigenvalue weighted by Crippen LogP contribution is -2.45. The fraction of sp³-hybridized carbons (Fsp3) is 0.471. The Bertz CT molecular complexity index is 842. The molecule has 1 aliphatic heterocycles. The van der Waals surface area contributed by atoms with Crippen molar-refractivity contribution in [3.8, 4) is 0 Å². The smallest absolute Gasteiger partial charge is 0.250 e. The van der Waals surface area contributed by atoms with Crippen molar-refractivity contribution in [1.29, 1.82) is 0 Å². The van der Waals surface area contributed by atoms with E-state index in [0.29, 0.717) is 19.8 Å². The topological polar surface area (TPSA) is 101 Å². The predicted molar refractivity (Wildman–Crippen MR) is 101 cm³/mol. The highest BCUT2D eigenvalue weighted by molar-refractivity contribution is 7.91. The maximum absolute atomic E-state index is 12.2. The number of amides is 1. The zero-order valence-corrected chi connectivity index (χ0v) is 16.6. The van der Waals surface area contributed by atoms with Crippen LogP contribution >= 0.6 is 11.3 Å². The number of carbonyl (C=O) groups excluding carboxylic acids is 1. The van der Waals surface area contributed by atoms with Gasteiger partial charge in [0.15, 0.2) is 0 Å². The second-order valence-corrected chi connectivity index (χ2v) is 9.11. The lowest BCUT2D eigenvalue weighted by molar-refractivity contribution is -0.120. The van der Waals surface area contributed by atoms with Crippen LogP contribution in [0.1, 0.15) is 17.6 Å². The van der Waals surface area contributed by atoms with E-state index in [2.05, 4.69) is 14.9 Å². The van der Waals surface area contributed by atoms with Crippen LogP contribution in [-0.4, -0.2) is 58.6 Å². The minimum absolute atomic E-state index is 0.125. The maximum Gasteiger partial charge on any atom is 0.250 e. The lowest BCUT2D eigenvalue weighted by Gasteiger charge is -2.33. The van der Waals surface area contributed by atoms with E-state index in [1.807, 2.05) is 19.1 Å². The van der Waals surface area contributed by atoms with Crippen molar-refractivity contribution in [3.05, 3.63) is 41.2 Å². The highest BCUT2D eigenvalue weighted by Crippen LogP contribution is 2.23. The summed E-state index contributed by atoms with van der Waals surface area (Å²) in [5.41, 5.74) is 0. The molecule has 3 rings (SSSR count). The molecule has 1 unspecified atom stereocenters. The van der Waals surface area contributed by atoms with Crippen LogP contribution in [0.4, 0.5) is 0 Å². The molecule has 1 aliphatic rings. The number of sulfonamides is 1. The monoisotopic (exact) mass is 413 g/mol. The van der Waals surface area contributed by atoms with Gasteiger partial charge in [0.1, 0.15) is 15.7 Å². The van der Waals surface area contributed by atoms with Crippen LogP contribution in [0.15, 0.2) is 38.3 Å². The summed E-state index contributed by atoms with van der Waals surface area (Å²) in [6.07, 6.45) is 0. The predicted octanol–water partition coefficient (Wildman–Crippen LogP) is 1.12. The lowest BCUT2D eigenvalue weighted by atomic mass is 10.1. The summed E-state index contributed by atoms with van der Waals surface area (Å²) >= 11 is 1.11. The molecule has 1 fully saturated rings. The molecule has 27 heavy (non-hydrogen) atoms. The third-order valence-electron chi connectivity index (χ3n) is 4.25. The zero-order chi connectivity index (χ0) is 19.3. The van der Waals surface area contributed by atoms with Crippen molar-refractivity contribution in [2.24, 2.45) is 0 Å². The molecule has 0 aliphatic carbocycles. The summed E-state index contributed by atoms with van der Waals surface area (Å²) < 4.78 is 37.8. The first-order chi connectivity index (χ1) is 13.0. The van der Waals surface area contributed by atoms with E-state index >= 15 is 0 Å². The summed E-state index contributed by atoms with van der Waals surface area (Å²) in [6, 6.07) is 6.82. The fourth-order valence-electron chi connectivity index (χ4n) is 2.85. The Morgan fingerprint density at radius 3 is 2.70 bits per heavy atom. The van der Waals surface area contributed by atoms with Gasteiger partial charge < -0.3 is 14.5 Å². The number of morpholine rings is 1. The number of rotatable bonds is 8. The molecule has 0 spiro atoms. The second kappa shape index (κ2) is 8.98. The molecule has 8 nitrogen and oxygen atoms in total. The van der Waals surface area contributed by atoms with Gasteiger partial charge in [0.25, 0.3) is 10.0 Å². The molecular formula is C17H23N3O5S2. The van der Waals surface area contributed by atoms with Crippen molar-refractivity contribution in [3.63, 3.8) is 0 Å². The van der Waals surface area contributed by atoms with Gasteiger partial charge in [0.2, 0.25) is 5.91 Å². The van der Waals surface area contributed by atoms with Crippen molar-refractivity contribution in [1.82, 2.24) is 14.9 Å². The van der Waals surface area contributed by atoms with Gasteiger partial charge in [-0.05, 0) is 30.5 Å². The number of aryl methyl sites for hydroxylation is 1. The van der Waals surface area contributed by atoms with Crippen LogP contribution in [0.3, 0.4) is 0 Å². The van der Waals surface area contributed by atoms with Gasteiger partial charge in [0, 0.05) is 19.6 Å². The van der Waals surface area contributed by atoms with Crippen molar-refractivity contribution in [2.75, 3.05) is 39.4 Å². The summed E-state index contributed by atoms with van der Waals surface area (Å²) in [5, 5.41) is 4.47. The van der Waals surface area contributed by atoms with Crippen LogP contribution in [0.5, 0.6) is 0 Å². The first-order valence-electron chi connectivity index (χ1n) is 8.64. The minimum Gasteiger partial charge on any atom is -0.465 e. The maximum atomic E-state index is 12.2. The van der Waals surface area contributed by atoms with Gasteiger partial charge >= 0.3 is 0 Å². The van der Waals surface area contributed by atoms with Crippen LogP contribution in [-0.2, 0) is 19.6 Å². The zero-order valence-electron chi connectivity index (χ0n) is 15.0. The SMILES string of the molecule is Cc1ccc(C(CNC(=O)CNS(=O)(=O)c2cccs2)N2CCOCC2)o1. The third kappa shape index (κ3) is 5.39. The van der Waals surface area contributed by atoms with Gasteiger partial charge in [0.05, 0.1) is 25.8 Å². The molecule has 1 amide bonds. The number of furan rings is 1. The van der Waals surface area contributed by atoms with Gasteiger partial charge in [-0.25, -0.2) is 13.1 Å². The molecule has 148 valence electrons. The molecular weight excluding hydrogens is 390 g/mol. The fourth-order valence-corrected chi connectivity index (χ4v) is 4.87. The van der Waals surface area contributed by atoms with Gasteiger partial charge in [-0.1, -0.05) is 6.07 Å². The molecule has 2 aromatic rings. The molecule has 0 radical (unpaired) electrons. The summed E-state index contributed by atoms with van der Waals surface area (Å²) in [6.45, 7) is 4.63. The van der Waals surface area contributed by atoms with Gasteiger partial charge in [-0.15, -0.1) is 11.3 Å². The first-order valence-corrected chi connectivity index (χ1v) is 11.0. The minimum atomic E-state index is -3.66. The van der Waals surface area contributed by atoms with E-state index < -0.39 is 15.9 Å². The standard InChI is InChI=1S/C17H23N3O5S2/c1-13-4-5-15(25-13)14(20-6-8-24-9-7-20)11-18-16(21)12-19-27(22,23)17-3-2-10-26-17/h2-5,10,14,19H,6-9,11-12H2,1H3,(H,18,21). The number of ether oxygens (including phenoxy) is 1. The molecule has 2 aromatic heterocycles. The largest absolute Gasteiger partial charge is 0.465 e. The summed E-state index contributed by atoms with van der Waals surface area (Å²) in [4.78, 5) is 14.4. The summed E-state index contributed by atoms with van der Waals surface area (Å²) in [7, 11) is -3.66. The third-order valence-corrected chi connectivity index (χ3v) is 7.05. The van der Waals surface area contributed by atoms with Crippen molar-refractivity contribution < 1.29 is 22.4 Å². The van der Waals surface area contributed by atoms with E-state index in [0.717, 1.165) is 35.9 Å². The van der Waals surface area contributed by atoms with E-state index in [9.17, 15) is 13.2 Å². The average Bonchev–Trinajstić information content (AvgIpc) is 3.34. The van der Waals surface area contributed by atoms with Crippen molar-refractivity contribution >= 4 is 27.3 Å². The normalized spacial score (nSPS) is 16.9. The van der Waals surface area contributed by atoms with Gasteiger partial charge in [-0.3, -0.25) is 9.69 Å². The second-order valence-electron chi connectivity index (χ2n) is 6.17. The molecule has 0 aromatic carbocycles. The van der Waals surface area contributed by atoms with Crippen LogP contribution in [0.25, 0.3) is 0 Å². The number of thiophene rings is 1. The molecule has 1 saturated heterocycles. The number of hydrogen-bond acceptors (Lipinski definition) is 7. The van der Waals surface area contributed by atoms with Gasteiger partial charge in [-0.2, -0.15) is 0 Å². The quantitative estimate of drug-likeness (QED) is 0.673. The summed E-state index contributed by atoms with van der Waals surface area (Å²) in [5.74, 6) is 1.18. The Morgan fingerprint density at radius 2 is 2.07 bits per heavy atom. The number of nitrogens with one attached hydrogen (secondary N) is 2. The Hall–Kier alpha value is -1.72. The Labute approximate surface area is 162 Å². The molecule has 10 heteroatoms. The molecule has 2 N–H and O–H groups in total. The molecule has 1 atom stereocenters. The molecule has 0 bridgehead atoms. The first kappa shape index (κ1) is 20.0. The van der Waals surface area contributed by atoms with E-state index in [-0.39, 0.29) is 16.8 Å². The van der Waals surface area contributed by atoms with E-state index in [1.54, 1.807) is 11.4 Å².